The van der Waals surface area contributed by atoms with E-state index in [1.807, 2.05) is 18.4 Å². The molecule has 0 fully saturated rings. The van der Waals surface area contributed by atoms with E-state index in [4.69, 9.17) is 11.6 Å². The number of hydrogen-bond acceptors (Lipinski definition) is 5. The largest absolute Gasteiger partial charge is 0.293 e. The van der Waals surface area contributed by atoms with Gasteiger partial charge in [-0.3, -0.25) is 4.79 Å². The molecule has 0 saturated heterocycles. The molecule has 0 bridgehead atoms. The van der Waals surface area contributed by atoms with Crippen LogP contribution in [-0.4, -0.2) is 21.0 Å². The summed E-state index contributed by atoms with van der Waals surface area (Å²) < 4.78 is 0. The highest BCUT2D eigenvalue weighted by Gasteiger charge is 2.18. The Morgan fingerprint density at radius 2 is 2.00 bits per heavy atom. The van der Waals surface area contributed by atoms with Crippen molar-refractivity contribution in [1.82, 2.24) is 9.97 Å². The normalized spacial score (nSPS) is 12.5. The van der Waals surface area contributed by atoms with Crippen molar-refractivity contribution in [3.05, 3.63) is 52.6 Å². The molecule has 0 aliphatic heterocycles. The van der Waals surface area contributed by atoms with Crippen molar-refractivity contribution in [1.29, 1.82) is 0 Å². The molecule has 2 heterocycles. The molecule has 3 aromatic rings. The summed E-state index contributed by atoms with van der Waals surface area (Å²) in [6.07, 6.45) is 1.54. The molecule has 3 nitrogen and oxygen atoms in total. The van der Waals surface area contributed by atoms with Crippen LogP contribution >= 0.6 is 34.7 Å². The Balaban J connectivity index is 1.82. The molecule has 0 radical (unpaired) electrons. The van der Waals surface area contributed by atoms with Crippen LogP contribution in [0.2, 0.25) is 5.02 Å². The van der Waals surface area contributed by atoms with Gasteiger partial charge in [0.1, 0.15) is 16.2 Å². The van der Waals surface area contributed by atoms with Crippen LogP contribution in [0, 0.1) is 0 Å². The SMILES string of the molecule is C[C@H](Sc1ncnc2sccc12)C(=O)c1ccc(Cl)cc1. The molecule has 1 aromatic carbocycles. The Morgan fingerprint density at radius 1 is 1.24 bits per heavy atom. The number of Topliss-reactive ketones (excluding diaryl/α,β-unsaturated/α-hetero) is 1. The third-order valence-electron chi connectivity index (χ3n) is 3.01. The molecule has 6 heteroatoms. The van der Waals surface area contributed by atoms with Gasteiger partial charge >= 0.3 is 0 Å². The van der Waals surface area contributed by atoms with Crippen LogP contribution in [0.1, 0.15) is 17.3 Å². The van der Waals surface area contributed by atoms with E-state index in [2.05, 4.69) is 9.97 Å². The van der Waals surface area contributed by atoms with E-state index < -0.39 is 0 Å². The second kappa shape index (κ2) is 6.13. The zero-order valence-corrected chi connectivity index (χ0v) is 13.5. The van der Waals surface area contributed by atoms with Crippen LogP contribution in [0.25, 0.3) is 10.2 Å². The highest BCUT2D eigenvalue weighted by atomic mass is 35.5. The second-order valence-electron chi connectivity index (χ2n) is 4.45. The van der Waals surface area contributed by atoms with Gasteiger partial charge in [-0.2, -0.15) is 0 Å². The zero-order valence-electron chi connectivity index (χ0n) is 11.1. The number of fused-ring (bicyclic) bond motifs is 1. The predicted octanol–water partition coefficient (Wildman–Crippen LogP) is 4.71. The lowest BCUT2D eigenvalue weighted by atomic mass is 10.1. The first-order valence-corrected chi connectivity index (χ1v) is 8.43. The maximum Gasteiger partial charge on any atom is 0.175 e. The molecule has 0 unspecified atom stereocenters. The molecule has 0 amide bonds. The fraction of sp³-hybridized carbons (Fsp3) is 0.133. The average molecular weight is 335 g/mol. The van der Waals surface area contributed by atoms with Crippen molar-refractivity contribution >= 4 is 50.7 Å². The molecule has 21 heavy (non-hydrogen) atoms. The van der Waals surface area contributed by atoms with E-state index in [0.717, 1.165) is 15.2 Å². The number of carbonyl (C=O) groups excluding carboxylic acids is 1. The lowest BCUT2D eigenvalue weighted by molar-refractivity contribution is 0.0994. The van der Waals surface area contributed by atoms with Crippen molar-refractivity contribution < 1.29 is 4.79 Å². The number of thiophene rings is 1. The maximum atomic E-state index is 12.4. The number of carbonyl (C=O) groups is 1. The highest BCUT2D eigenvalue weighted by molar-refractivity contribution is 8.00. The molecule has 0 N–H and O–H groups in total. The van der Waals surface area contributed by atoms with Crippen molar-refractivity contribution in [3.63, 3.8) is 0 Å². The second-order valence-corrected chi connectivity index (χ2v) is 7.11. The quantitative estimate of drug-likeness (QED) is 0.394. The number of nitrogens with zero attached hydrogens (tertiary/aromatic N) is 2. The highest BCUT2D eigenvalue weighted by Crippen LogP contribution is 2.31. The monoisotopic (exact) mass is 334 g/mol. The molecule has 3 rings (SSSR count). The van der Waals surface area contributed by atoms with E-state index in [-0.39, 0.29) is 11.0 Å². The van der Waals surface area contributed by atoms with E-state index >= 15 is 0 Å². The van der Waals surface area contributed by atoms with E-state index in [9.17, 15) is 4.79 Å². The molecular weight excluding hydrogens is 324 g/mol. The minimum Gasteiger partial charge on any atom is -0.293 e. The van der Waals surface area contributed by atoms with Gasteiger partial charge in [0.15, 0.2) is 5.78 Å². The van der Waals surface area contributed by atoms with Gasteiger partial charge in [0.05, 0.1) is 5.25 Å². The Hall–Kier alpha value is -1.43. The number of hydrogen-bond donors (Lipinski definition) is 0. The lowest BCUT2D eigenvalue weighted by Gasteiger charge is -2.10. The molecule has 0 aliphatic rings. The zero-order chi connectivity index (χ0) is 14.8. The van der Waals surface area contributed by atoms with E-state index in [1.165, 1.54) is 11.8 Å². The molecule has 0 saturated carbocycles. The summed E-state index contributed by atoms with van der Waals surface area (Å²) in [5, 5.41) is 4.24. The van der Waals surface area contributed by atoms with Crippen molar-refractivity contribution in [2.45, 2.75) is 17.2 Å². The first kappa shape index (κ1) is 14.5. The topological polar surface area (TPSA) is 42.9 Å². The minimum absolute atomic E-state index is 0.0682. The van der Waals surface area contributed by atoms with Crippen LogP contribution in [-0.2, 0) is 0 Å². The molecule has 106 valence electrons. The van der Waals surface area contributed by atoms with Crippen molar-refractivity contribution in [2.75, 3.05) is 0 Å². The smallest absolute Gasteiger partial charge is 0.175 e. The third kappa shape index (κ3) is 3.10. The minimum atomic E-state index is -0.218. The number of ketones is 1. The predicted molar refractivity (Wildman–Crippen MR) is 88.5 cm³/mol. The number of halogens is 1. The maximum absolute atomic E-state index is 12.4. The van der Waals surface area contributed by atoms with Gasteiger partial charge in [-0.25, -0.2) is 9.97 Å². The van der Waals surface area contributed by atoms with Crippen LogP contribution in [0.3, 0.4) is 0 Å². The number of benzene rings is 1. The van der Waals surface area contributed by atoms with Gasteiger partial charge < -0.3 is 0 Å². The molecule has 0 aliphatic carbocycles. The Kier molecular flexibility index (Phi) is 4.24. The van der Waals surface area contributed by atoms with Gasteiger partial charge in [0, 0.05) is 16.0 Å². The van der Waals surface area contributed by atoms with Crippen molar-refractivity contribution in [3.8, 4) is 0 Å². The summed E-state index contributed by atoms with van der Waals surface area (Å²) >= 11 is 8.88. The average Bonchev–Trinajstić information content (AvgIpc) is 2.97. The van der Waals surface area contributed by atoms with Gasteiger partial charge in [0.25, 0.3) is 0 Å². The van der Waals surface area contributed by atoms with Gasteiger partial charge in [-0.05, 0) is 42.6 Å². The molecule has 0 spiro atoms. The van der Waals surface area contributed by atoms with Crippen LogP contribution in [0.5, 0.6) is 0 Å². The summed E-state index contributed by atoms with van der Waals surface area (Å²) in [4.78, 5) is 21.9. The Bertz CT molecular complexity index is 786. The van der Waals surface area contributed by atoms with Crippen LogP contribution < -0.4 is 0 Å². The molecule has 1 atom stereocenters. The fourth-order valence-corrected chi connectivity index (χ4v) is 3.83. The Morgan fingerprint density at radius 3 is 2.76 bits per heavy atom. The third-order valence-corrected chi connectivity index (χ3v) is 5.20. The summed E-state index contributed by atoms with van der Waals surface area (Å²) in [5.41, 5.74) is 0.662. The summed E-state index contributed by atoms with van der Waals surface area (Å²) in [7, 11) is 0. The van der Waals surface area contributed by atoms with E-state index in [1.54, 1.807) is 41.9 Å². The van der Waals surface area contributed by atoms with Gasteiger partial charge in [-0.1, -0.05) is 23.4 Å². The molecule has 2 aromatic heterocycles. The standard InChI is InChI=1S/C15H11ClN2OS2/c1-9(13(19)10-2-4-11(16)5-3-10)21-15-12-6-7-20-14(12)17-8-18-15/h2-9H,1H3/t9-/m0/s1. The number of rotatable bonds is 4. The van der Waals surface area contributed by atoms with E-state index in [0.29, 0.717) is 10.6 Å². The van der Waals surface area contributed by atoms with Gasteiger partial charge in [0.2, 0.25) is 0 Å². The first-order valence-electron chi connectivity index (χ1n) is 6.30. The number of thioether (sulfide) groups is 1. The van der Waals surface area contributed by atoms with Gasteiger partial charge in [-0.15, -0.1) is 11.3 Å². The first-order chi connectivity index (χ1) is 10.1. The molecular formula is C15H11ClN2OS2. The lowest BCUT2D eigenvalue weighted by Crippen LogP contribution is -2.13. The van der Waals surface area contributed by atoms with Crippen LogP contribution in [0.4, 0.5) is 0 Å². The summed E-state index contributed by atoms with van der Waals surface area (Å²) in [6, 6.07) is 8.95. The van der Waals surface area contributed by atoms with Crippen molar-refractivity contribution in [2.24, 2.45) is 0 Å². The fourth-order valence-electron chi connectivity index (χ4n) is 1.93. The number of aromatic nitrogens is 2. The van der Waals surface area contributed by atoms with Crippen LogP contribution in [0.15, 0.2) is 47.1 Å². The Labute approximate surface area is 135 Å². The summed E-state index contributed by atoms with van der Waals surface area (Å²) in [5.74, 6) is 0.0682. The summed E-state index contributed by atoms with van der Waals surface area (Å²) in [6.45, 7) is 1.89.